The van der Waals surface area contributed by atoms with Gasteiger partial charge in [-0.3, -0.25) is 0 Å². The molecule has 0 aromatic rings. The molecule has 1 fully saturated rings. The van der Waals surface area contributed by atoms with E-state index < -0.39 is 10.2 Å². The van der Waals surface area contributed by atoms with Crippen molar-refractivity contribution >= 4 is 5.71 Å². The molecular weight excluding hydrogens is 310 g/mol. The topological polar surface area (TPSA) is 104 Å². The van der Waals surface area contributed by atoms with E-state index in [0.29, 0.717) is 0 Å². The molecule has 1 saturated heterocycles. The number of hydrogen-bond donors (Lipinski definition) is 0. The molecule has 1 heterocycles. The van der Waals surface area contributed by atoms with Gasteiger partial charge in [-0.15, -0.1) is 16.8 Å². The second-order valence-electron chi connectivity index (χ2n) is 5.31. The van der Waals surface area contributed by atoms with Crippen molar-refractivity contribution in [2.45, 2.75) is 44.9 Å². The molecule has 0 aromatic heterocycles. The maximum absolute atomic E-state index is 8.49. The van der Waals surface area contributed by atoms with Crippen LogP contribution < -0.4 is 18.6 Å². The van der Waals surface area contributed by atoms with Crippen molar-refractivity contribution < 1.29 is 38.2 Å². The summed E-state index contributed by atoms with van der Waals surface area (Å²) in [6.45, 7) is 7.06. The highest BCUT2D eigenvalue weighted by Crippen LogP contribution is 2.18. The van der Waals surface area contributed by atoms with Gasteiger partial charge in [0.15, 0.2) is 5.71 Å². The van der Waals surface area contributed by atoms with Crippen molar-refractivity contribution in [1.29, 1.82) is 0 Å². The summed E-state index contributed by atoms with van der Waals surface area (Å²) in [4.78, 5) is 0. The average molecular weight is 334 g/mol. The summed E-state index contributed by atoms with van der Waals surface area (Å²) in [5.41, 5.74) is 1.51. The molecule has 126 valence electrons. The minimum Gasteiger partial charge on any atom is -0.498 e. The van der Waals surface area contributed by atoms with Crippen LogP contribution in [0.3, 0.4) is 0 Å². The molecule has 1 aliphatic heterocycles. The lowest BCUT2D eigenvalue weighted by Gasteiger charge is -2.17. The van der Waals surface area contributed by atoms with Crippen LogP contribution in [0.5, 0.6) is 0 Å². The highest BCUT2D eigenvalue weighted by Gasteiger charge is 2.21. The first-order valence-electron chi connectivity index (χ1n) is 7.57. The summed E-state index contributed by atoms with van der Waals surface area (Å²) in [5, 5.41) is 0. The maximum atomic E-state index is 8.49. The third kappa shape index (κ3) is 9.17. The lowest BCUT2D eigenvalue weighted by Crippen LogP contribution is -2.68. The van der Waals surface area contributed by atoms with Crippen molar-refractivity contribution in [3.05, 3.63) is 24.5 Å². The van der Waals surface area contributed by atoms with E-state index in [1.807, 2.05) is 6.08 Å². The van der Waals surface area contributed by atoms with Crippen LogP contribution in [0.25, 0.3) is 0 Å². The van der Waals surface area contributed by atoms with E-state index in [2.05, 4.69) is 17.2 Å². The molecule has 0 N–H and O–H groups in total. The van der Waals surface area contributed by atoms with Crippen molar-refractivity contribution in [1.82, 2.24) is 0 Å². The van der Waals surface area contributed by atoms with E-state index in [4.69, 9.17) is 23.4 Å². The Kier molecular flexibility index (Phi) is 8.67. The van der Waals surface area contributed by atoms with Crippen LogP contribution in [0.4, 0.5) is 0 Å². The predicted octanol–water partition coefficient (Wildman–Crippen LogP) is -1.47. The molecule has 0 radical (unpaired) electrons. The van der Waals surface area contributed by atoms with E-state index in [1.165, 1.54) is 50.2 Å². The fourth-order valence-corrected chi connectivity index (χ4v) is 2.57. The molecule has 2 aliphatic rings. The van der Waals surface area contributed by atoms with Gasteiger partial charge in [-0.2, -0.15) is 0 Å². The number of halogens is 1. The highest BCUT2D eigenvalue weighted by atomic mass is 35.7. The monoisotopic (exact) mass is 333 g/mol. The Bertz CT molecular complexity index is 401. The van der Waals surface area contributed by atoms with Crippen molar-refractivity contribution in [2.24, 2.45) is 0 Å². The summed E-state index contributed by atoms with van der Waals surface area (Å²) in [6.07, 6.45) is 12.7. The molecule has 0 saturated carbocycles. The molecule has 1 aliphatic carbocycles. The summed E-state index contributed by atoms with van der Waals surface area (Å²) in [6, 6.07) is 0. The van der Waals surface area contributed by atoms with Gasteiger partial charge in [-0.1, -0.05) is 6.08 Å². The zero-order chi connectivity index (χ0) is 16.4. The van der Waals surface area contributed by atoms with Crippen LogP contribution in [-0.4, -0.2) is 30.0 Å². The van der Waals surface area contributed by atoms with E-state index in [9.17, 15) is 0 Å². The lowest BCUT2D eigenvalue weighted by atomic mass is 10.0. The molecule has 6 nitrogen and oxygen atoms in total. The Morgan fingerprint density at radius 3 is 2.36 bits per heavy atom. The normalized spacial score (nSPS) is 18.5. The average Bonchev–Trinajstić information content (AvgIpc) is 2.96. The first kappa shape index (κ1) is 19.1. The summed E-state index contributed by atoms with van der Waals surface area (Å²) >= 11 is 0. The van der Waals surface area contributed by atoms with Crippen molar-refractivity contribution in [3.63, 3.8) is 0 Å². The SMILES string of the molecule is C=CCCCOC1=CC(=[N+]2CCCC2)CCC1.[O-][Cl+3]([O-])([O-])[O-]. The van der Waals surface area contributed by atoms with Gasteiger partial charge in [-0.25, -0.2) is 23.2 Å². The van der Waals surface area contributed by atoms with E-state index in [0.717, 1.165) is 25.9 Å². The third-order valence-corrected chi connectivity index (χ3v) is 3.54. The largest absolute Gasteiger partial charge is 0.498 e. The number of hydrogen-bond acceptors (Lipinski definition) is 5. The van der Waals surface area contributed by atoms with Crippen LogP contribution in [0.1, 0.15) is 44.9 Å². The van der Waals surface area contributed by atoms with Gasteiger partial charge in [0.1, 0.15) is 18.8 Å². The number of unbranched alkanes of at least 4 members (excludes halogenated alkanes) is 1. The molecule has 0 bridgehead atoms. The third-order valence-electron chi connectivity index (χ3n) is 3.54. The molecule has 2 rings (SSSR count). The van der Waals surface area contributed by atoms with Crippen LogP contribution in [-0.2, 0) is 4.74 Å². The van der Waals surface area contributed by atoms with E-state index >= 15 is 0 Å². The predicted molar refractivity (Wildman–Crippen MR) is 71.6 cm³/mol. The van der Waals surface area contributed by atoms with Crippen LogP contribution in [0.2, 0.25) is 0 Å². The lowest BCUT2D eigenvalue weighted by molar-refractivity contribution is -2.00. The molecule has 0 atom stereocenters. The van der Waals surface area contributed by atoms with Gasteiger partial charge in [0.05, 0.1) is 6.61 Å². The van der Waals surface area contributed by atoms with Gasteiger partial charge < -0.3 is 4.74 Å². The van der Waals surface area contributed by atoms with Crippen LogP contribution in [0.15, 0.2) is 24.5 Å². The zero-order valence-electron chi connectivity index (χ0n) is 12.8. The van der Waals surface area contributed by atoms with Crippen molar-refractivity contribution in [3.8, 4) is 0 Å². The minimum atomic E-state index is -4.94. The van der Waals surface area contributed by atoms with Crippen LogP contribution >= 0.6 is 0 Å². The standard InChI is InChI=1S/C15H24NO.ClHO4/c1-2-3-6-12-17-15-9-7-8-14(13-15)16-10-4-5-11-16;2-1(3,4)5/h2,13H,1,3-12H2;(H,2,3,4,5)/q+1;/p-1. The maximum Gasteiger partial charge on any atom is 0.179 e. The summed E-state index contributed by atoms with van der Waals surface area (Å²) in [5.74, 6) is 1.20. The van der Waals surface area contributed by atoms with Crippen LogP contribution in [0, 0.1) is 10.2 Å². The van der Waals surface area contributed by atoms with Gasteiger partial charge >= 0.3 is 0 Å². The molecule has 7 heteroatoms. The van der Waals surface area contributed by atoms with E-state index in [-0.39, 0.29) is 0 Å². The highest BCUT2D eigenvalue weighted by molar-refractivity contribution is 5.92. The molecule has 0 amide bonds. The summed E-state index contributed by atoms with van der Waals surface area (Å²) < 4.78 is 42.3. The zero-order valence-corrected chi connectivity index (χ0v) is 13.6. The number of rotatable bonds is 5. The van der Waals surface area contributed by atoms with Gasteiger partial charge in [0.25, 0.3) is 0 Å². The number of allylic oxidation sites excluding steroid dienone is 3. The van der Waals surface area contributed by atoms with Gasteiger partial charge in [-0.05, 0) is 19.3 Å². The first-order chi connectivity index (χ1) is 10.4. The van der Waals surface area contributed by atoms with Gasteiger partial charge in [0, 0.05) is 31.8 Å². The Labute approximate surface area is 133 Å². The second-order valence-corrected chi connectivity index (χ2v) is 6.06. The first-order valence-corrected chi connectivity index (χ1v) is 8.80. The van der Waals surface area contributed by atoms with E-state index in [1.54, 1.807) is 0 Å². The number of nitrogens with zero attached hydrogens (tertiary/aromatic N) is 1. The molecular formula is C15H24ClNO5. The Hall–Kier alpha value is -0.920. The van der Waals surface area contributed by atoms with Gasteiger partial charge in [0.2, 0.25) is 0 Å². The smallest absolute Gasteiger partial charge is 0.179 e. The Morgan fingerprint density at radius 2 is 1.77 bits per heavy atom. The van der Waals surface area contributed by atoms with Crippen molar-refractivity contribution in [2.75, 3.05) is 19.7 Å². The number of ether oxygens (including phenoxy) is 1. The summed E-state index contributed by atoms with van der Waals surface area (Å²) in [7, 11) is -4.94. The second kappa shape index (κ2) is 9.97. The minimum absolute atomic E-state index is 0.838. The molecule has 0 unspecified atom stereocenters. The Balaban J connectivity index is 0.000000422. The molecule has 0 spiro atoms. The quantitative estimate of drug-likeness (QED) is 0.347. The Morgan fingerprint density at radius 1 is 1.14 bits per heavy atom. The fraction of sp³-hybridized carbons (Fsp3) is 0.667. The molecule has 22 heavy (non-hydrogen) atoms. The molecule has 0 aromatic carbocycles. The fourth-order valence-electron chi connectivity index (χ4n) is 2.57.